The zero-order valence-electron chi connectivity index (χ0n) is 16.6. The van der Waals surface area contributed by atoms with Crippen LogP contribution in [0.2, 0.25) is 0 Å². The minimum Gasteiger partial charge on any atom is -0.381 e. The first-order valence-electron chi connectivity index (χ1n) is 9.52. The molecule has 1 saturated heterocycles. The number of guanidine groups is 1. The monoisotopic (exact) mass is 375 g/mol. The third-order valence-corrected chi connectivity index (χ3v) is 6.97. The minimum atomic E-state index is -3.19. The van der Waals surface area contributed by atoms with E-state index in [1.54, 1.807) is 0 Å². The summed E-state index contributed by atoms with van der Waals surface area (Å²) in [7, 11) is -3.19. The van der Waals surface area contributed by atoms with Gasteiger partial charge in [0.25, 0.3) is 0 Å². The molecule has 0 aromatic carbocycles. The third-order valence-electron chi connectivity index (χ3n) is 4.86. The molecule has 0 saturated carbocycles. The van der Waals surface area contributed by atoms with Crippen LogP contribution in [0.1, 0.15) is 59.8 Å². The fourth-order valence-corrected chi connectivity index (χ4v) is 4.28. The van der Waals surface area contributed by atoms with Gasteiger partial charge in [0.05, 0.1) is 11.3 Å². The molecule has 1 aliphatic heterocycles. The van der Waals surface area contributed by atoms with Gasteiger partial charge >= 0.3 is 0 Å². The lowest BCUT2D eigenvalue weighted by Gasteiger charge is -2.34. The van der Waals surface area contributed by atoms with Crippen LogP contribution in [0, 0.1) is 5.92 Å². The van der Waals surface area contributed by atoms with Crippen LogP contribution >= 0.6 is 0 Å². The summed E-state index contributed by atoms with van der Waals surface area (Å²) < 4.78 is 29.2. The normalized spacial score (nSPS) is 19.7. The van der Waals surface area contributed by atoms with E-state index in [2.05, 4.69) is 36.4 Å². The number of sulfone groups is 1. The largest absolute Gasteiger partial charge is 0.381 e. The van der Waals surface area contributed by atoms with Crippen LogP contribution in [0.15, 0.2) is 4.99 Å². The summed E-state index contributed by atoms with van der Waals surface area (Å²) in [5, 5.41) is 6.65. The van der Waals surface area contributed by atoms with Gasteiger partial charge in [0.1, 0.15) is 0 Å². The highest BCUT2D eigenvalue weighted by atomic mass is 32.2. The molecule has 0 aromatic rings. The number of hydrogen-bond donors (Lipinski definition) is 2. The lowest BCUT2D eigenvalue weighted by atomic mass is 9.99. The zero-order chi connectivity index (χ0) is 18.9. The smallest absolute Gasteiger partial charge is 0.191 e. The van der Waals surface area contributed by atoms with E-state index in [1.165, 1.54) is 19.1 Å². The van der Waals surface area contributed by atoms with E-state index in [9.17, 15) is 8.42 Å². The molecule has 1 aliphatic rings. The predicted molar refractivity (Wildman–Crippen MR) is 105 cm³/mol. The van der Waals surface area contributed by atoms with E-state index in [4.69, 9.17) is 4.74 Å². The van der Waals surface area contributed by atoms with Gasteiger partial charge in [0, 0.05) is 32.1 Å². The first kappa shape index (κ1) is 22.2. The number of ether oxygens (including phenoxy) is 1. The SMILES string of the molecule is CCNC(=NCC1(S(C)(=O)=O)CCOCC1)NC(C)CCCC(C)C. The number of hydrogen-bond acceptors (Lipinski definition) is 4. The molecule has 1 rings (SSSR count). The Kier molecular flexibility index (Phi) is 9.21. The van der Waals surface area contributed by atoms with Gasteiger partial charge < -0.3 is 15.4 Å². The Morgan fingerprint density at radius 3 is 2.36 bits per heavy atom. The van der Waals surface area contributed by atoms with Crippen LogP contribution in [-0.4, -0.2) is 57.7 Å². The summed E-state index contributed by atoms with van der Waals surface area (Å²) in [5.74, 6) is 1.42. The molecular formula is C18H37N3O3S. The molecule has 148 valence electrons. The van der Waals surface area contributed by atoms with Gasteiger partial charge in [-0.25, -0.2) is 8.42 Å². The first-order chi connectivity index (χ1) is 11.7. The maximum atomic E-state index is 12.3. The van der Waals surface area contributed by atoms with Crippen LogP contribution < -0.4 is 10.6 Å². The van der Waals surface area contributed by atoms with Gasteiger partial charge in [-0.3, -0.25) is 4.99 Å². The second kappa shape index (κ2) is 10.4. The lowest BCUT2D eigenvalue weighted by Crippen LogP contribution is -2.48. The molecule has 1 unspecified atom stereocenters. The lowest BCUT2D eigenvalue weighted by molar-refractivity contribution is 0.0768. The number of rotatable bonds is 9. The van der Waals surface area contributed by atoms with E-state index >= 15 is 0 Å². The fourth-order valence-electron chi connectivity index (χ4n) is 3.07. The Labute approximate surface area is 154 Å². The molecule has 0 radical (unpaired) electrons. The molecule has 1 heterocycles. The summed E-state index contributed by atoms with van der Waals surface area (Å²) in [4.78, 5) is 4.62. The third kappa shape index (κ3) is 7.52. The van der Waals surface area contributed by atoms with Crippen molar-refractivity contribution < 1.29 is 13.2 Å². The Balaban J connectivity index is 2.72. The van der Waals surface area contributed by atoms with Crippen molar-refractivity contribution in [2.75, 3.05) is 32.6 Å². The maximum Gasteiger partial charge on any atom is 0.191 e. The van der Waals surface area contributed by atoms with Crippen molar-refractivity contribution in [1.82, 2.24) is 10.6 Å². The second-order valence-electron chi connectivity index (χ2n) is 7.63. The van der Waals surface area contributed by atoms with Gasteiger partial charge in [-0.2, -0.15) is 0 Å². The Morgan fingerprint density at radius 1 is 1.20 bits per heavy atom. The van der Waals surface area contributed by atoms with Gasteiger partial charge in [0.2, 0.25) is 0 Å². The topological polar surface area (TPSA) is 79.8 Å². The average Bonchev–Trinajstić information content (AvgIpc) is 2.52. The Hall–Kier alpha value is -0.820. The van der Waals surface area contributed by atoms with Crippen LogP contribution in [0.4, 0.5) is 0 Å². The van der Waals surface area contributed by atoms with Gasteiger partial charge in [-0.15, -0.1) is 0 Å². The molecule has 25 heavy (non-hydrogen) atoms. The molecule has 1 atom stereocenters. The standard InChI is InChI=1S/C18H37N3O3S/c1-6-19-17(21-16(4)9-7-8-15(2)3)20-14-18(25(5,22)23)10-12-24-13-11-18/h15-16H,6-14H2,1-5H3,(H2,19,20,21). The number of nitrogens with one attached hydrogen (secondary N) is 2. The summed E-state index contributed by atoms with van der Waals surface area (Å²) in [6.07, 6.45) is 5.82. The zero-order valence-corrected chi connectivity index (χ0v) is 17.4. The van der Waals surface area contributed by atoms with Crippen molar-refractivity contribution in [3.05, 3.63) is 0 Å². The van der Waals surface area contributed by atoms with E-state index in [1.807, 2.05) is 6.92 Å². The van der Waals surface area contributed by atoms with Crippen molar-refractivity contribution in [2.45, 2.75) is 70.6 Å². The quantitative estimate of drug-likeness (QED) is 0.478. The maximum absolute atomic E-state index is 12.3. The predicted octanol–water partition coefficient (Wildman–Crippen LogP) is 2.35. The summed E-state index contributed by atoms with van der Waals surface area (Å²) in [5.41, 5.74) is 0. The molecule has 1 fully saturated rings. The fraction of sp³-hybridized carbons (Fsp3) is 0.944. The van der Waals surface area contributed by atoms with E-state index in [-0.39, 0.29) is 6.54 Å². The number of nitrogens with zero attached hydrogens (tertiary/aromatic N) is 1. The van der Waals surface area contributed by atoms with E-state index < -0.39 is 14.6 Å². The van der Waals surface area contributed by atoms with Gasteiger partial charge in [-0.05, 0) is 39.0 Å². The highest BCUT2D eigenvalue weighted by molar-refractivity contribution is 7.92. The minimum absolute atomic E-state index is 0.281. The molecule has 6 nitrogen and oxygen atoms in total. The van der Waals surface area contributed by atoms with Crippen molar-refractivity contribution in [3.63, 3.8) is 0 Å². The van der Waals surface area contributed by atoms with Crippen molar-refractivity contribution in [1.29, 1.82) is 0 Å². The Bertz CT molecular complexity index is 512. The highest BCUT2D eigenvalue weighted by Crippen LogP contribution is 2.29. The van der Waals surface area contributed by atoms with Crippen molar-refractivity contribution >= 4 is 15.8 Å². The van der Waals surface area contributed by atoms with Gasteiger partial charge in [-0.1, -0.05) is 26.7 Å². The molecule has 0 bridgehead atoms. The number of aliphatic imine (C=N–C) groups is 1. The summed E-state index contributed by atoms with van der Waals surface area (Å²) in [6.45, 7) is 10.6. The molecule has 0 aromatic heterocycles. The Morgan fingerprint density at radius 2 is 1.84 bits per heavy atom. The molecule has 7 heteroatoms. The summed E-state index contributed by atoms with van der Waals surface area (Å²) >= 11 is 0. The second-order valence-corrected chi connectivity index (χ2v) is 10.0. The van der Waals surface area contributed by atoms with E-state index in [0.717, 1.165) is 18.9 Å². The molecular weight excluding hydrogens is 338 g/mol. The van der Waals surface area contributed by atoms with Crippen molar-refractivity contribution in [2.24, 2.45) is 10.9 Å². The van der Waals surface area contributed by atoms with Crippen LogP contribution in [0.5, 0.6) is 0 Å². The van der Waals surface area contributed by atoms with Crippen LogP contribution in [0.3, 0.4) is 0 Å². The highest BCUT2D eigenvalue weighted by Gasteiger charge is 2.42. The van der Waals surface area contributed by atoms with Crippen LogP contribution in [0.25, 0.3) is 0 Å². The summed E-state index contributed by atoms with van der Waals surface area (Å²) in [6, 6.07) is 0.306. The molecule has 0 amide bonds. The van der Waals surface area contributed by atoms with Crippen LogP contribution in [-0.2, 0) is 14.6 Å². The average molecular weight is 376 g/mol. The van der Waals surface area contributed by atoms with E-state index in [0.29, 0.717) is 38.1 Å². The molecule has 0 spiro atoms. The van der Waals surface area contributed by atoms with Crippen molar-refractivity contribution in [3.8, 4) is 0 Å². The van der Waals surface area contributed by atoms with Gasteiger partial charge in [0.15, 0.2) is 15.8 Å². The molecule has 2 N–H and O–H groups in total. The first-order valence-corrected chi connectivity index (χ1v) is 11.4. The molecule has 0 aliphatic carbocycles.